The van der Waals surface area contributed by atoms with Gasteiger partial charge in [-0.25, -0.2) is 0 Å². The summed E-state index contributed by atoms with van der Waals surface area (Å²) in [5, 5.41) is 3.13. The SMILES string of the molecule is CCCCCCCCCCCCCCOc1cccc(CC(=O)NC(CC)[n+]2ccccc2)c1OC.[I-]. The van der Waals surface area contributed by atoms with Gasteiger partial charge in [0.1, 0.15) is 0 Å². The zero-order valence-electron chi connectivity index (χ0n) is 23.4. The van der Waals surface area contributed by atoms with Crippen LogP contribution in [0.5, 0.6) is 11.5 Å². The number of unbranched alkanes of at least 4 members (excludes halogenated alkanes) is 11. The van der Waals surface area contributed by atoms with Gasteiger partial charge < -0.3 is 33.5 Å². The minimum atomic E-state index is -0.0741. The highest BCUT2D eigenvalue weighted by atomic mass is 127. The number of para-hydroxylation sites is 1. The van der Waals surface area contributed by atoms with Crippen LogP contribution in [-0.2, 0) is 11.2 Å². The van der Waals surface area contributed by atoms with Gasteiger partial charge in [-0.2, -0.15) is 4.57 Å². The fourth-order valence-corrected chi connectivity index (χ4v) is 4.59. The van der Waals surface area contributed by atoms with Crippen LogP contribution in [0.2, 0.25) is 0 Å². The molecule has 1 N–H and O–H groups in total. The number of amides is 1. The van der Waals surface area contributed by atoms with Crippen LogP contribution in [0.3, 0.4) is 0 Å². The summed E-state index contributed by atoms with van der Waals surface area (Å²) in [7, 11) is 1.64. The first-order chi connectivity index (χ1) is 17.7. The van der Waals surface area contributed by atoms with Crippen LogP contribution in [0.4, 0.5) is 0 Å². The maximum absolute atomic E-state index is 12.8. The van der Waals surface area contributed by atoms with E-state index in [9.17, 15) is 4.79 Å². The maximum Gasteiger partial charge on any atom is 0.233 e. The van der Waals surface area contributed by atoms with Crippen molar-refractivity contribution in [2.75, 3.05) is 13.7 Å². The van der Waals surface area contributed by atoms with Crippen molar-refractivity contribution in [3.8, 4) is 11.5 Å². The first-order valence-corrected chi connectivity index (χ1v) is 14.2. The second-order valence-electron chi connectivity index (χ2n) is 9.68. The van der Waals surface area contributed by atoms with Crippen LogP contribution >= 0.6 is 0 Å². The van der Waals surface area contributed by atoms with E-state index in [0.29, 0.717) is 12.4 Å². The molecule has 1 unspecified atom stereocenters. The van der Waals surface area contributed by atoms with Gasteiger partial charge in [0.2, 0.25) is 12.1 Å². The Hall–Kier alpha value is -1.83. The number of carbonyl (C=O) groups is 1. The summed E-state index contributed by atoms with van der Waals surface area (Å²) in [5.74, 6) is 1.34. The molecule has 1 atom stereocenters. The Labute approximate surface area is 242 Å². The molecule has 1 aromatic carbocycles. The number of benzene rings is 1. The fraction of sp³-hybridized carbons (Fsp3) is 0.613. The third-order valence-electron chi connectivity index (χ3n) is 6.68. The van der Waals surface area contributed by atoms with Crippen molar-refractivity contribution >= 4 is 5.91 Å². The zero-order valence-corrected chi connectivity index (χ0v) is 25.5. The Morgan fingerprint density at radius 1 is 0.838 bits per heavy atom. The van der Waals surface area contributed by atoms with Crippen molar-refractivity contribution in [2.24, 2.45) is 0 Å². The van der Waals surface area contributed by atoms with Gasteiger partial charge >= 0.3 is 0 Å². The van der Waals surface area contributed by atoms with Gasteiger partial charge in [0.15, 0.2) is 23.9 Å². The lowest BCUT2D eigenvalue weighted by Gasteiger charge is -2.16. The van der Waals surface area contributed by atoms with Crippen LogP contribution in [0.25, 0.3) is 0 Å². The van der Waals surface area contributed by atoms with Gasteiger partial charge in [-0.3, -0.25) is 10.1 Å². The molecule has 0 saturated carbocycles. The van der Waals surface area contributed by atoms with Crippen molar-refractivity contribution < 1.29 is 42.8 Å². The van der Waals surface area contributed by atoms with E-state index in [2.05, 4.69) is 19.2 Å². The topological polar surface area (TPSA) is 51.4 Å². The number of nitrogens with zero attached hydrogens (tertiary/aromatic N) is 1. The van der Waals surface area contributed by atoms with Gasteiger partial charge in [-0.15, -0.1) is 0 Å². The molecular formula is C31H49IN2O3. The molecule has 0 fully saturated rings. The molecule has 1 aromatic heterocycles. The Morgan fingerprint density at radius 3 is 2.00 bits per heavy atom. The molecule has 0 aliphatic carbocycles. The van der Waals surface area contributed by atoms with Crippen molar-refractivity contribution in [1.82, 2.24) is 5.32 Å². The monoisotopic (exact) mass is 624 g/mol. The standard InChI is InChI=1S/C31H48N2O3.HI/c1-4-6-7-8-9-10-11-12-13-14-15-19-25-36-28-22-20-21-27(31(28)35-3)26-30(34)32-29(5-2)33-23-17-16-18-24-33;/h16-18,20-24,29H,4-15,19,25-26H2,1-3H3;1H. The summed E-state index contributed by atoms with van der Waals surface area (Å²) < 4.78 is 13.7. The quantitative estimate of drug-likeness (QED) is 0.136. The molecule has 0 radical (unpaired) electrons. The highest BCUT2D eigenvalue weighted by Crippen LogP contribution is 2.31. The zero-order chi connectivity index (χ0) is 25.8. The molecule has 0 bridgehead atoms. The summed E-state index contributed by atoms with van der Waals surface area (Å²) in [5.41, 5.74) is 0.843. The number of hydrogen-bond donors (Lipinski definition) is 1. The van der Waals surface area contributed by atoms with Gasteiger partial charge in [0.05, 0.1) is 20.1 Å². The third-order valence-corrected chi connectivity index (χ3v) is 6.68. The van der Waals surface area contributed by atoms with Crippen LogP contribution in [-0.4, -0.2) is 19.6 Å². The lowest BCUT2D eigenvalue weighted by atomic mass is 10.1. The van der Waals surface area contributed by atoms with Gasteiger partial charge in [-0.1, -0.05) is 103 Å². The first-order valence-electron chi connectivity index (χ1n) is 14.2. The predicted octanol–water partition coefficient (Wildman–Crippen LogP) is 4.33. The van der Waals surface area contributed by atoms with Crippen LogP contribution in [0.15, 0.2) is 48.8 Å². The second kappa shape index (κ2) is 21.1. The molecule has 5 nitrogen and oxygen atoms in total. The van der Waals surface area contributed by atoms with E-state index >= 15 is 0 Å². The van der Waals surface area contributed by atoms with E-state index < -0.39 is 0 Å². The minimum Gasteiger partial charge on any atom is -1.00 e. The lowest BCUT2D eigenvalue weighted by Crippen LogP contribution is -3.00. The van der Waals surface area contributed by atoms with E-state index in [1.165, 1.54) is 70.6 Å². The molecule has 1 heterocycles. The number of halogens is 1. The molecule has 2 rings (SSSR count). The molecule has 0 saturated heterocycles. The first kappa shape index (κ1) is 33.2. The van der Waals surface area contributed by atoms with Crippen molar-refractivity contribution in [2.45, 2.75) is 110 Å². The van der Waals surface area contributed by atoms with Gasteiger partial charge in [0.25, 0.3) is 0 Å². The Bertz CT molecular complexity index is 848. The summed E-state index contributed by atoms with van der Waals surface area (Å²) in [6, 6.07) is 11.7. The number of carbonyl (C=O) groups excluding carboxylic acids is 1. The second-order valence-corrected chi connectivity index (χ2v) is 9.68. The average Bonchev–Trinajstić information content (AvgIpc) is 2.90. The summed E-state index contributed by atoms with van der Waals surface area (Å²) in [6.07, 6.45) is 20.8. The molecule has 6 heteroatoms. The van der Waals surface area contributed by atoms with Crippen molar-refractivity contribution in [3.05, 3.63) is 54.4 Å². The Balaban J connectivity index is 0.00000684. The number of hydrogen-bond acceptors (Lipinski definition) is 3. The van der Waals surface area contributed by atoms with E-state index in [-0.39, 0.29) is 42.5 Å². The van der Waals surface area contributed by atoms with E-state index in [1.807, 2.05) is 53.4 Å². The van der Waals surface area contributed by atoms with Crippen molar-refractivity contribution in [1.29, 1.82) is 0 Å². The number of methoxy groups -OCH3 is 1. The summed E-state index contributed by atoms with van der Waals surface area (Å²) in [4.78, 5) is 12.8. The number of nitrogens with one attached hydrogen (secondary N) is 1. The van der Waals surface area contributed by atoms with E-state index in [0.717, 1.165) is 24.2 Å². The Morgan fingerprint density at radius 2 is 1.43 bits per heavy atom. The minimum absolute atomic E-state index is 0. The van der Waals surface area contributed by atoms with Crippen molar-refractivity contribution in [3.63, 3.8) is 0 Å². The highest BCUT2D eigenvalue weighted by Gasteiger charge is 2.20. The average molecular weight is 625 g/mol. The molecule has 2 aromatic rings. The molecule has 0 aliphatic rings. The van der Waals surface area contributed by atoms with Gasteiger partial charge in [-0.05, 0) is 12.5 Å². The summed E-state index contributed by atoms with van der Waals surface area (Å²) in [6.45, 7) is 5.01. The number of rotatable bonds is 20. The lowest BCUT2D eigenvalue weighted by molar-refractivity contribution is -0.727. The van der Waals surface area contributed by atoms with Crippen LogP contribution < -0.4 is 43.3 Å². The normalized spacial score (nSPS) is 11.4. The fourth-order valence-electron chi connectivity index (χ4n) is 4.59. The number of ether oxygens (including phenoxy) is 2. The smallest absolute Gasteiger partial charge is 0.233 e. The highest BCUT2D eigenvalue weighted by molar-refractivity contribution is 5.79. The number of aromatic nitrogens is 1. The molecule has 0 spiro atoms. The summed E-state index contributed by atoms with van der Waals surface area (Å²) >= 11 is 0. The van der Waals surface area contributed by atoms with E-state index in [1.54, 1.807) is 7.11 Å². The molecular weight excluding hydrogens is 575 g/mol. The van der Waals surface area contributed by atoms with Crippen LogP contribution in [0.1, 0.15) is 109 Å². The predicted molar refractivity (Wildman–Crippen MR) is 147 cm³/mol. The Kier molecular flexibility index (Phi) is 19.0. The van der Waals surface area contributed by atoms with E-state index in [4.69, 9.17) is 9.47 Å². The molecule has 208 valence electrons. The van der Waals surface area contributed by atoms with Gasteiger partial charge in [0, 0.05) is 24.1 Å². The molecule has 0 aliphatic heterocycles. The maximum atomic E-state index is 12.8. The van der Waals surface area contributed by atoms with Crippen LogP contribution in [0, 0.1) is 0 Å². The molecule has 37 heavy (non-hydrogen) atoms. The third kappa shape index (κ3) is 13.5. The number of pyridine rings is 1. The molecule has 1 amide bonds. The largest absolute Gasteiger partial charge is 1.00 e.